The Morgan fingerprint density at radius 1 is 2.00 bits per heavy atom. The molecule has 0 spiro atoms. The van der Waals surface area contributed by atoms with Crippen molar-refractivity contribution in [3.05, 3.63) is 14.5 Å². The molecule has 2 rings (SSSR count). The van der Waals surface area contributed by atoms with Gasteiger partial charge in [0.05, 0.1) is 14.5 Å². The van der Waals surface area contributed by atoms with Gasteiger partial charge in [0.15, 0.2) is 0 Å². The summed E-state index contributed by atoms with van der Waals surface area (Å²) >= 11 is 3.81. The predicted molar refractivity (Wildman–Crippen MR) is 46.5 cm³/mol. The third-order valence-electron chi connectivity index (χ3n) is 1.05. The second-order valence-electron chi connectivity index (χ2n) is 1.77. The summed E-state index contributed by atoms with van der Waals surface area (Å²) in [5.41, 5.74) is -0.257. The van der Waals surface area contributed by atoms with Gasteiger partial charge in [0.25, 0.3) is 0 Å². The van der Waals surface area contributed by atoms with Gasteiger partial charge in [-0.1, -0.05) is 0 Å². The Hall–Kier alpha value is 0.110. The van der Waals surface area contributed by atoms with Crippen molar-refractivity contribution in [3.8, 4) is 0 Å². The summed E-state index contributed by atoms with van der Waals surface area (Å²) in [6.45, 7) is -2.47. The molecule has 0 N–H and O–H groups in total. The molecule has 0 aliphatic heterocycles. The zero-order valence-corrected chi connectivity index (χ0v) is 7.14. The molecule has 0 aromatic carbocycles. The molecule has 10 heavy (non-hydrogen) atoms. The van der Waals surface area contributed by atoms with Crippen LogP contribution in [-0.2, 0) is 0 Å². The third kappa shape index (κ3) is 1.12. The second-order valence-corrected chi connectivity index (χ2v) is 4.08. The summed E-state index contributed by atoms with van der Waals surface area (Å²) in [4.78, 5) is 3.75. The summed E-state index contributed by atoms with van der Waals surface area (Å²) in [6.07, 6.45) is -4.74. The van der Waals surface area contributed by atoms with E-state index >= 15 is 0 Å². The lowest BCUT2D eigenvalue weighted by Gasteiger charge is -1.82. The fourth-order valence-electron chi connectivity index (χ4n) is 0.547. The summed E-state index contributed by atoms with van der Waals surface area (Å²) in [5.74, 6) is -2.14. The molecule has 1 nitrogen and oxygen atoms in total. The second kappa shape index (κ2) is 2.31. The van der Waals surface area contributed by atoms with Crippen LogP contribution in [0.3, 0.4) is 0 Å². The van der Waals surface area contributed by atoms with Crippen molar-refractivity contribution in [2.75, 3.05) is 0 Å². The van der Waals surface area contributed by atoms with E-state index in [2.05, 4.69) is 20.9 Å². The van der Waals surface area contributed by atoms with E-state index < -0.39 is 25.5 Å². The Labute approximate surface area is 83.9 Å². The summed E-state index contributed by atoms with van der Waals surface area (Å²) in [5, 5.41) is -0.157. The zero-order valence-electron chi connectivity index (χ0n) is 12.7. The maximum atomic E-state index is 7.90. The van der Waals surface area contributed by atoms with Crippen LogP contribution in [0.2, 0.25) is 0 Å². The van der Waals surface area contributed by atoms with Gasteiger partial charge in [-0.05, 0) is 35.5 Å². The van der Waals surface area contributed by atoms with Crippen LogP contribution in [0, 0.1) is 6.85 Å². The predicted octanol–water partition coefficient (Wildman–Crippen LogP) is 3.09. The van der Waals surface area contributed by atoms with E-state index in [1.165, 1.54) is 0 Å². The van der Waals surface area contributed by atoms with Crippen molar-refractivity contribution in [1.29, 1.82) is 0 Å². The third-order valence-corrected chi connectivity index (χ3v) is 2.77. The van der Waals surface area contributed by atoms with Gasteiger partial charge < -0.3 is 0 Å². The van der Waals surface area contributed by atoms with E-state index in [0.29, 0.717) is 0 Å². The van der Waals surface area contributed by atoms with Gasteiger partial charge >= 0.3 is 0 Å². The molecule has 54 valence electrons. The van der Waals surface area contributed by atoms with Crippen molar-refractivity contribution >= 4 is 27.3 Å². The molecule has 1 fully saturated rings. The number of thiazole rings is 1. The van der Waals surface area contributed by atoms with Crippen molar-refractivity contribution in [1.82, 2.24) is 4.98 Å². The first-order chi connectivity index (χ1) is 7.87. The molecule has 0 saturated heterocycles. The largest absolute Gasteiger partial charge is 0.245 e. The lowest BCUT2D eigenvalue weighted by molar-refractivity contribution is 1.05. The monoisotopic (exact) mass is 225 g/mol. The molecular weight excluding hydrogens is 210 g/mol. The van der Waals surface area contributed by atoms with Crippen LogP contribution in [0.15, 0.2) is 3.79 Å². The Kier molecular flexibility index (Phi) is 0.530. The van der Waals surface area contributed by atoms with Gasteiger partial charge in [-0.25, -0.2) is 4.98 Å². The summed E-state index contributed by atoms with van der Waals surface area (Å²) in [7, 11) is 0. The summed E-state index contributed by atoms with van der Waals surface area (Å²) in [6, 6.07) is 0. The van der Waals surface area contributed by atoms with Crippen LogP contribution in [-0.4, -0.2) is 4.98 Å². The van der Waals surface area contributed by atoms with Gasteiger partial charge in [0, 0.05) is 16.9 Å². The molecular formula is C7H8BrNS. The van der Waals surface area contributed by atoms with E-state index in [1.54, 1.807) is 0 Å². The lowest BCUT2D eigenvalue weighted by Crippen LogP contribution is -1.75. The highest BCUT2D eigenvalue weighted by atomic mass is 79.9. The molecule has 1 saturated carbocycles. The molecule has 1 aromatic rings. The van der Waals surface area contributed by atoms with E-state index in [0.717, 1.165) is 11.3 Å². The molecule has 0 unspecified atom stereocenters. The van der Waals surface area contributed by atoms with E-state index in [4.69, 9.17) is 11.0 Å². The molecule has 1 aliphatic carbocycles. The minimum absolute atomic E-state index is 0.157. The first kappa shape index (κ1) is 2.30. The molecule has 1 aromatic heterocycles. The van der Waals surface area contributed by atoms with Crippen LogP contribution in [0.1, 0.15) is 40.3 Å². The van der Waals surface area contributed by atoms with Gasteiger partial charge in [0.2, 0.25) is 0 Å². The van der Waals surface area contributed by atoms with Crippen molar-refractivity contribution in [3.63, 3.8) is 0 Å². The van der Waals surface area contributed by atoms with E-state index in [-0.39, 0.29) is 14.5 Å². The van der Waals surface area contributed by atoms with Crippen molar-refractivity contribution < 1.29 is 11.0 Å². The molecule has 0 radical (unpaired) electrons. The Morgan fingerprint density at radius 3 is 3.30 bits per heavy atom. The topological polar surface area (TPSA) is 12.9 Å². The highest BCUT2D eigenvalue weighted by Crippen LogP contribution is 2.43. The maximum Gasteiger partial charge on any atom is 0.0970 e. The van der Waals surface area contributed by atoms with Gasteiger partial charge in [-0.2, -0.15) is 0 Å². The normalized spacial score (nSPS) is 44.1. The Bertz CT molecular complexity index is 492. The number of aromatic nitrogens is 1. The maximum absolute atomic E-state index is 7.90. The number of halogens is 1. The van der Waals surface area contributed by atoms with Crippen LogP contribution in [0.5, 0.6) is 0 Å². The lowest BCUT2D eigenvalue weighted by atomic mass is 10.4. The van der Waals surface area contributed by atoms with Gasteiger partial charge in [-0.15, -0.1) is 11.3 Å². The minimum Gasteiger partial charge on any atom is -0.245 e. The number of aryl methyl sites for hydroxylation is 1. The fourth-order valence-corrected chi connectivity index (χ4v) is 1.75. The molecule has 3 heteroatoms. The van der Waals surface area contributed by atoms with Crippen LogP contribution >= 0.6 is 27.3 Å². The smallest absolute Gasteiger partial charge is 0.0970 e. The first-order valence-electron chi connectivity index (χ1n) is 6.54. The number of nitrogens with zero attached hydrogens (tertiary/aromatic N) is 1. The Balaban J connectivity index is 2.51. The van der Waals surface area contributed by atoms with Crippen LogP contribution < -0.4 is 0 Å². The standard InChI is InChI=1S/C7H8BrNS/c1-4-6(8)10-7(9-4)5-2-3-5/h5H,2-3H2,1H3/i1D3,2D2,3D2,5D. The van der Waals surface area contributed by atoms with Crippen molar-refractivity contribution in [2.24, 2.45) is 0 Å². The average Bonchev–Trinajstić information content (AvgIpc) is 2.55. The van der Waals surface area contributed by atoms with E-state index in [9.17, 15) is 0 Å². The van der Waals surface area contributed by atoms with Crippen LogP contribution in [0.4, 0.5) is 0 Å². The molecule has 1 aliphatic rings. The quantitative estimate of drug-likeness (QED) is 0.717. The number of rotatable bonds is 1. The highest BCUT2D eigenvalue weighted by Gasteiger charge is 2.27. The zero-order chi connectivity index (χ0) is 14.1. The van der Waals surface area contributed by atoms with E-state index in [1.807, 2.05) is 0 Å². The summed E-state index contributed by atoms with van der Waals surface area (Å²) < 4.78 is 59.8. The molecule has 0 bridgehead atoms. The minimum atomic E-state index is -2.47. The van der Waals surface area contributed by atoms with Crippen molar-refractivity contribution in [2.45, 2.75) is 25.5 Å². The first-order valence-corrected chi connectivity index (χ1v) is 4.15. The SMILES string of the molecule is [2H]C([2H])([2H])c1nc(C2([2H])C([2H])([2H])C2([2H])[2H])sc1Br. The number of hydrogen-bond acceptors (Lipinski definition) is 2. The molecule has 0 atom stereocenters. The van der Waals surface area contributed by atoms with Gasteiger partial charge in [0.1, 0.15) is 0 Å². The van der Waals surface area contributed by atoms with Gasteiger partial charge in [-0.3, -0.25) is 0 Å². The number of hydrogen-bond donors (Lipinski definition) is 0. The fraction of sp³-hybridized carbons (Fsp3) is 0.571. The van der Waals surface area contributed by atoms with Crippen LogP contribution in [0.25, 0.3) is 0 Å². The molecule has 1 heterocycles. The molecule has 0 amide bonds. The Morgan fingerprint density at radius 2 is 2.80 bits per heavy atom. The average molecular weight is 226 g/mol. The highest BCUT2D eigenvalue weighted by molar-refractivity contribution is 9.11.